The molecule has 5 rings (SSSR count). The first-order chi connectivity index (χ1) is 16.0. The summed E-state index contributed by atoms with van der Waals surface area (Å²) in [4.78, 5) is 36.3. The van der Waals surface area contributed by atoms with Crippen molar-refractivity contribution >= 4 is 33.9 Å². The Bertz CT molecular complexity index is 1270. The summed E-state index contributed by atoms with van der Waals surface area (Å²) in [5.41, 5.74) is 6.37. The Morgan fingerprint density at radius 3 is 2.70 bits per heavy atom. The number of benzene rings is 2. The maximum absolute atomic E-state index is 13.2. The van der Waals surface area contributed by atoms with Crippen LogP contribution in [0, 0.1) is 6.92 Å². The van der Waals surface area contributed by atoms with Crippen molar-refractivity contribution in [2.75, 3.05) is 6.54 Å². The van der Waals surface area contributed by atoms with E-state index in [0.717, 1.165) is 32.6 Å². The van der Waals surface area contributed by atoms with Crippen molar-refractivity contribution in [1.29, 1.82) is 0 Å². The fourth-order valence-corrected chi connectivity index (χ4v) is 5.33. The summed E-state index contributed by atoms with van der Waals surface area (Å²) in [6.45, 7) is 2.17. The molecule has 33 heavy (non-hydrogen) atoms. The number of aliphatic hydroxyl groups excluding tert-OH is 1. The van der Waals surface area contributed by atoms with E-state index in [-0.39, 0.29) is 24.7 Å². The smallest absolute Gasteiger partial charge is 0.271 e. The molecule has 1 aliphatic heterocycles. The van der Waals surface area contributed by atoms with E-state index in [0.29, 0.717) is 18.5 Å². The molecule has 0 aliphatic carbocycles. The van der Waals surface area contributed by atoms with Gasteiger partial charge in [-0.2, -0.15) is 0 Å². The van der Waals surface area contributed by atoms with Crippen LogP contribution in [0.5, 0.6) is 0 Å². The molecule has 2 N–H and O–H groups in total. The number of fused-ring (bicyclic) bond motifs is 1. The molecule has 2 aromatic heterocycles. The third-order valence-electron chi connectivity index (χ3n) is 6.29. The number of β-amino-alcohol motifs (C(OH)–C–C–N with tert-alkyl or cyclic N) is 1. The fraction of sp³-hybridized carbons (Fsp3) is 0.269. The van der Waals surface area contributed by atoms with E-state index in [1.807, 2.05) is 48.8 Å². The Morgan fingerprint density at radius 2 is 1.97 bits per heavy atom. The molecule has 0 bridgehead atoms. The highest BCUT2D eigenvalue weighted by molar-refractivity contribution is 7.13. The Labute approximate surface area is 195 Å². The average Bonchev–Trinajstić information content (AvgIpc) is 3.55. The van der Waals surface area contributed by atoms with Gasteiger partial charge in [-0.05, 0) is 36.6 Å². The second kappa shape index (κ2) is 8.92. The molecule has 7 heteroatoms. The number of nitrogens with zero attached hydrogens (tertiary/aromatic N) is 2. The van der Waals surface area contributed by atoms with Gasteiger partial charge in [-0.15, -0.1) is 11.3 Å². The van der Waals surface area contributed by atoms with Crippen LogP contribution in [0.2, 0.25) is 0 Å². The highest BCUT2D eigenvalue weighted by Gasteiger charge is 2.39. The first kappa shape index (κ1) is 21.6. The number of hydrogen-bond donors (Lipinski definition) is 2. The van der Waals surface area contributed by atoms with E-state index in [2.05, 4.69) is 22.1 Å². The van der Waals surface area contributed by atoms with Gasteiger partial charge in [-0.3, -0.25) is 9.59 Å². The molecule has 1 amide bonds. The van der Waals surface area contributed by atoms with Gasteiger partial charge in [-0.25, -0.2) is 4.98 Å². The lowest BCUT2D eigenvalue weighted by molar-refractivity contribution is -0.122. The minimum Gasteiger partial charge on any atom is -0.391 e. The standard InChI is InChI=1S/C26H25N3O3S/c1-16-25(33-15-27-16)18-9-6-17(7-10-18)8-11-24(31)23-13-20(30)14-29(23)26(32)22-12-19-4-2-3-5-21(19)28-22/h2-7,9-10,12,15,20,23,28,30H,8,11,13-14H2,1H3/t20-,23+/m1/s1. The molecule has 4 aromatic rings. The monoisotopic (exact) mass is 459 g/mol. The first-order valence-corrected chi connectivity index (χ1v) is 12.0. The summed E-state index contributed by atoms with van der Waals surface area (Å²) < 4.78 is 0. The van der Waals surface area contributed by atoms with E-state index in [4.69, 9.17) is 0 Å². The van der Waals surface area contributed by atoms with Gasteiger partial charge >= 0.3 is 0 Å². The molecule has 0 radical (unpaired) electrons. The number of para-hydroxylation sites is 1. The largest absolute Gasteiger partial charge is 0.391 e. The third kappa shape index (κ3) is 4.34. The number of carbonyl (C=O) groups excluding carboxylic acids is 2. The van der Waals surface area contributed by atoms with Crippen molar-refractivity contribution in [3.63, 3.8) is 0 Å². The number of thiazole rings is 1. The maximum atomic E-state index is 13.2. The molecule has 0 spiro atoms. The normalized spacial score (nSPS) is 18.2. The number of aliphatic hydroxyl groups is 1. The first-order valence-electron chi connectivity index (χ1n) is 11.1. The Balaban J connectivity index is 1.26. The van der Waals surface area contributed by atoms with Crippen molar-refractivity contribution in [1.82, 2.24) is 14.9 Å². The number of carbonyl (C=O) groups is 2. The Morgan fingerprint density at radius 1 is 1.18 bits per heavy atom. The number of Topliss-reactive ketones (excluding diaryl/α,β-unsaturated/α-hetero) is 1. The van der Waals surface area contributed by atoms with Crippen molar-refractivity contribution in [3.8, 4) is 10.4 Å². The second-order valence-corrected chi connectivity index (χ2v) is 9.42. The zero-order valence-electron chi connectivity index (χ0n) is 18.3. The number of rotatable bonds is 6. The van der Waals surface area contributed by atoms with Gasteiger partial charge in [0.2, 0.25) is 0 Å². The molecule has 6 nitrogen and oxygen atoms in total. The molecule has 1 saturated heterocycles. The summed E-state index contributed by atoms with van der Waals surface area (Å²) in [5.74, 6) is -0.260. The number of nitrogens with one attached hydrogen (secondary N) is 1. The summed E-state index contributed by atoms with van der Waals surface area (Å²) >= 11 is 1.62. The van der Waals surface area contributed by atoms with Gasteiger partial charge in [0.25, 0.3) is 5.91 Å². The van der Waals surface area contributed by atoms with E-state index < -0.39 is 12.1 Å². The van der Waals surface area contributed by atoms with Crippen LogP contribution in [-0.4, -0.2) is 50.4 Å². The molecule has 3 heterocycles. The topological polar surface area (TPSA) is 86.3 Å². The maximum Gasteiger partial charge on any atom is 0.271 e. The van der Waals surface area contributed by atoms with Crippen molar-refractivity contribution in [2.24, 2.45) is 0 Å². The van der Waals surface area contributed by atoms with Gasteiger partial charge < -0.3 is 15.0 Å². The lowest BCUT2D eigenvalue weighted by atomic mass is 10.00. The number of hydrogen-bond acceptors (Lipinski definition) is 5. The van der Waals surface area contributed by atoms with Crippen molar-refractivity contribution in [2.45, 2.75) is 38.3 Å². The number of amides is 1. The highest BCUT2D eigenvalue weighted by atomic mass is 32.1. The van der Waals surface area contributed by atoms with Gasteiger partial charge in [0.15, 0.2) is 5.78 Å². The molecule has 2 atom stereocenters. The number of aromatic nitrogens is 2. The predicted octanol–water partition coefficient (Wildman–Crippen LogP) is 4.38. The van der Waals surface area contributed by atoms with Crippen LogP contribution in [-0.2, 0) is 11.2 Å². The molecule has 0 saturated carbocycles. The summed E-state index contributed by atoms with van der Waals surface area (Å²) in [6, 6.07) is 17.1. The zero-order valence-corrected chi connectivity index (χ0v) is 19.1. The zero-order chi connectivity index (χ0) is 22.9. The van der Waals surface area contributed by atoms with Crippen molar-refractivity contribution < 1.29 is 14.7 Å². The molecule has 1 fully saturated rings. The van der Waals surface area contributed by atoms with E-state index in [1.54, 1.807) is 17.4 Å². The van der Waals surface area contributed by atoms with Gasteiger partial charge in [0, 0.05) is 30.3 Å². The molecule has 1 aliphatic rings. The summed E-state index contributed by atoms with van der Waals surface area (Å²) in [7, 11) is 0. The number of H-pyrrole nitrogens is 1. The number of aryl methyl sites for hydroxylation is 2. The second-order valence-electron chi connectivity index (χ2n) is 8.56. The van der Waals surface area contributed by atoms with Crippen LogP contribution >= 0.6 is 11.3 Å². The van der Waals surface area contributed by atoms with E-state index in [9.17, 15) is 14.7 Å². The fourth-order valence-electron chi connectivity index (χ4n) is 4.52. The van der Waals surface area contributed by atoms with E-state index >= 15 is 0 Å². The Hall–Kier alpha value is -3.29. The summed E-state index contributed by atoms with van der Waals surface area (Å²) in [5, 5.41) is 11.2. The molecule has 2 aromatic carbocycles. The van der Waals surface area contributed by atoms with Crippen LogP contribution in [0.25, 0.3) is 21.3 Å². The lowest BCUT2D eigenvalue weighted by Crippen LogP contribution is -2.41. The number of ketones is 1. The quantitative estimate of drug-likeness (QED) is 0.448. The number of likely N-dealkylation sites (tertiary alicyclic amines) is 1. The van der Waals surface area contributed by atoms with Crippen LogP contribution < -0.4 is 0 Å². The third-order valence-corrected chi connectivity index (χ3v) is 7.27. The minimum absolute atomic E-state index is 0.0154. The predicted molar refractivity (Wildman–Crippen MR) is 129 cm³/mol. The van der Waals surface area contributed by atoms with Gasteiger partial charge in [-0.1, -0.05) is 42.5 Å². The molecule has 0 unspecified atom stereocenters. The molecular formula is C26H25N3O3S. The minimum atomic E-state index is -0.686. The molecular weight excluding hydrogens is 434 g/mol. The van der Waals surface area contributed by atoms with Crippen molar-refractivity contribution in [3.05, 3.63) is 77.1 Å². The summed E-state index contributed by atoms with van der Waals surface area (Å²) in [6.07, 6.45) is 0.525. The SMILES string of the molecule is Cc1ncsc1-c1ccc(CCC(=O)[C@@H]2C[C@@H](O)CN2C(=O)c2cc3ccccc3[nH]2)cc1. The van der Waals surface area contributed by atoms with Crippen LogP contribution in [0.1, 0.15) is 34.6 Å². The average molecular weight is 460 g/mol. The van der Waals surface area contributed by atoms with Crippen LogP contribution in [0.3, 0.4) is 0 Å². The Kier molecular flexibility index (Phi) is 5.83. The van der Waals surface area contributed by atoms with E-state index in [1.165, 1.54) is 4.90 Å². The number of aromatic amines is 1. The van der Waals surface area contributed by atoms with Gasteiger partial charge in [0.05, 0.1) is 28.2 Å². The lowest BCUT2D eigenvalue weighted by Gasteiger charge is -2.23. The highest BCUT2D eigenvalue weighted by Crippen LogP contribution is 2.28. The van der Waals surface area contributed by atoms with Crippen LogP contribution in [0.4, 0.5) is 0 Å². The molecule has 168 valence electrons. The van der Waals surface area contributed by atoms with Gasteiger partial charge in [0.1, 0.15) is 5.69 Å². The van der Waals surface area contributed by atoms with Crippen LogP contribution in [0.15, 0.2) is 60.1 Å².